The molecule has 0 fully saturated rings. The summed E-state index contributed by atoms with van der Waals surface area (Å²) in [5.41, 5.74) is 6.25. The number of nitrogens with zero attached hydrogens (tertiary/aromatic N) is 3. The molecule has 0 bridgehead atoms. The highest BCUT2D eigenvalue weighted by Gasteiger charge is 2.12. The van der Waals surface area contributed by atoms with Gasteiger partial charge in [-0.3, -0.25) is 9.59 Å². The highest BCUT2D eigenvalue weighted by Crippen LogP contribution is 2.24. The lowest BCUT2D eigenvalue weighted by Gasteiger charge is -2.05. The van der Waals surface area contributed by atoms with Gasteiger partial charge in [0.2, 0.25) is 0 Å². The molecule has 4 rings (SSSR count). The fourth-order valence-electron chi connectivity index (χ4n) is 3.14. The molecule has 7 nitrogen and oxygen atoms in total. The van der Waals surface area contributed by atoms with Crippen LogP contribution in [0.25, 0.3) is 16.9 Å². The molecule has 0 spiro atoms. The lowest BCUT2D eigenvalue weighted by molar-refractivity contribution is -0.120. The van der Waals surface area contributed by atoms with Crippen molar-refractivity contribution in [2.75, 3.05) is 6.54 Å². The van der Waals surface area contributed by atoms with Crippen molar-refractivity contribution >= 4 is 56.5 Å². The van der Waals surface area contributed by atoms with Crippen LogP contribution in [0, 0.1) is 3.57 Å². The predicted molar refractivity (Wildman–Crippen MR) is 144 cm³/mol. The molecule has 2 N–H and O–H groups in total. The van der Waals surface area contributed by atoms with Gasteiger partial charge in [-0.05, 0) is 59.0 Å². The van der Waals surface area contributed by atoms with Crippen LogP contribution in [0.4, 0.5) is 0 Å². The fourth-order valence-corrected chi connectivity index (χ4v) is 4.04. The van der Waals surface area contributed by atoms with Crippen LogP contribution in [0.5, 0.6) is 0 Å². The quantitative estimate of drug-likeness (QED) is 0.176. The van der Waals surface area contributed by atoms with Gasteiger partial charge in [-0.15, -0.1) is 0 Å². The number of hydrogen-bond donors (Lipinski definition) is 2. The number of carbonyl (C=O) groups is 2. The van der Waals surface area contributed by atoms with E-state index in [4.69, 9.17) is 5.10 Å². The monoisotopic (exact) mass is 627 g/mol. The number of carbonyl (C=O) groups excluding carboxylic acids is 2. The van der Waals surface area contributed by atoms with Crippen LogP contribution in [0.3, 0.4) is 0 Å². The summed E-state index contributed by atoms with van der Waals surface area (Å²) in [6.07, 6.45) is 3.39. The molecular weight excluding hydrogens is 609 g/mol. The number of nitrogens with one attached hydrogen (secondary N) is 2. The van der Waals surface area contributed by atoms with E-state index in [0.29, 0.717) is 5.56 Å². The van der Waals surface area contributed by atoms with Gasteiger partial charge in [0, 0.05) is 25.4 Å². The van der Waals surface area contributed by atoms with Crippen LogP contribution in [0.2, 0.25) is 0 Å². The summed E-state index contributed by atoms with van der Waals surface area (Å²) in [5, 5.41) is 11.4. The van der Waals surface area contributed by atoms with Gasteiger partial charge in [-0.1, -0.05) is 58.4 Å². The molecule has 1 heterocycles. The maximum Gasteiger partial charge on any atom is 0.259 e. The smallest absolute Gasteiger partial charge is 0.259 e. The second kappa shape index (κ2) is 11.2. The first-order chi connectivity index (χ1) is 16.5. The molecule has 4 aromatic rings. The summed E-state index contributed by atoms with van der Waals surface area (Å²) in [5.74, 6) is -0.748. The number of hydrazone groups is 1. The summed E-state index contributed by atoms with van der Waals surface area (Å²) in [7, 11) is 0. The van der Waals surface area contributed by atoms with Crippen LogP contribution < -0.4 is 10.7 Å². The summed E-state index contributed by atoms with van der Waals surface area (Å²) in [4.78, 5) is 24.5. The van der Waals surface area contributed by atoms with E-state index in [-0.39, 0.29) is 12.5 Å². The molecule has 0 atom stereocenters. The van der Waals surface area contributed by atoms with Gasteiger partial charge in [0.25, 0.3) is 11.8 Å². The molecule has 34 heavy (non-hydrogen) atoms. The third-order valence-corrected chi connectivity index (χ3v) is 6.27. The predicted octanol–water partition coefficient (Wildman–Crippen LogP) is 4.79. The number of para-hydroxylation sites is 1. The molecule has 0 saturated heterocycles. The first-order valence-corrected chi connectivity index (χ1v) is 12.1. The van der Waals surface area contributed by atoms with Crippen molar-refractivity contribution in [2.24, 2.45) is 5.10 Å². The number of benzene rings is 3. The van der Waals surface area contributed by atoms with Gasteiger partial charge >= 0.3 is 0 Å². The van der Waals surface area contributed by atoms with Crippen LogP contribution in [-0.4, -0.2) is 34.4 Å². The van der Waals surface area contributed by atoms with Crippen molar-refractivity contribution in [3.05, 3.63) is 104 Å². The standard InChI is InChI=1S/C25H19BrIN5O2/c26-19-12-10-17(11-13-19)24-18(16-32(31-24)20-6-2-1-3-7-20)14-29-30-23(33)15-28-25(34)21-8-4-5-9-22(21)27/h1-14,16H,15H2,(H,28,34)(H,30,33)/b29-14+. The average Bonchev–Trinajstić information content (AvgIpc) is 3.28. The van der Waals surface area contributed by atoms with Crippen molar-refractivity contribution in [3.8, 4) is 16.9 Å². The van der Waals surface area contributed by atoms with Gasteiger partial charge in [-0.2, -0.15) is 10.2 Å². The zero-order valence-electron chi connectivity index (χ0n) is 17.8. The lowest BCUT2D eigenvalue weighted by Crippen LogP contribution is -2.35. The van der Waals surface area contributed by atoms with E-state index >= 15 is 0 Å². The van der Waals surface area contributed by atoms with Crippen molar-refractivity contribution in [1.82, 2.24) is 20.5 Å². The fraction of sp³-hybridized carbons (Fsp3) is 0.0400. The van der Waals surface area contributed by atoms with Gasteiger partial charge in [-0.25, -0.2) is 10.1 Å². The van der Waals surface area contributed by atoms with Gasteiger partial charge in [0.1, 0.15) is 5.69 Å². The Bertz CT molecular complexity index is 1340. The second-order valence-electron chi connectivity index (χ2n) is 7.18. The first kappa shape index (κ1) is 23.8. The first-order valence-electron chi connectivity index (χ1n) is 10.3. The van der Waals surface area contributed by atoms with Crippen LogP contribution in [0.15, 0.2) is 94.6 Å². The molecule has 0 unspecified atom stereocenters. The van der Waals surface area contributed by atoms with Gasteiger partial charge in [0.05, 0.1) is 24.0 Å². The highest BCUT2D eigenvalue weighted by atomic mass is 127. The van der Waals surface area contributed by atoms with E-state index in [1.807, 2.05) is 72.9 Å². The van der Waals surface area contributed by atoms with E-state index in [9.17, 15) is 9.59 Å². The maximum atomic E-state index is 12.3. The van der Waals surface area contributed by atoms with Crippen molar-refractivity contribution in [2.45, 2.75) is 0 Å². The molecule has 1 aromatic heterocycles. The Labute approximate surface area is 218 Å². The molecule has 0 aliphatic rings. The number of halogens is 2. The van der Waals surface area contributed by atoms with Crippen LogP contribution in [-0.2, 0) is 4.79 Å². The molecule has 0 radical (unpaired) electrons. The van der Waals surface area contributed by atoms with E-state index in [1.165, 1.54) is 0 Å². The number of hydrogen-bond acceptors (Lipinski definition) is 4. The molecule has 0 aliphatic carbocycles. The van der Waals surface area contributed by atoms with Gasteiger partial charge in [0.15, 0.2) is 0 Å². The normalized spacial score (nSPS) is 10.9. The Morgan fingerprint density at radius 3 is 2.44 bits per heavy atom. The SMILES string of the molecule is O=C(CNC(=O)c1ccccc1I)N/N=C/c1cn(-c2ccccc2)nc1-c1ccc(Br)cc1. The minimum atomic E-state index is -0.434. The van der Waals surface area contributed by atoms with E-state index in [0.717, 1.165) is 30.6 Å². The molecular formula is C25H19BrIN5O2. The number of amides is 2. The molecule has 170 valence electrons. The average molecular weight is 628 g/mol. The molecule has 0 aliphatic heterocycles. The topological polar surface area (TPSA) is 88.4 Å². The summed E-state index contributed by atoms with van der Waals surface area (Å²) in [6, 6.07) is 24.7. The Balaban J connectivity index is 1.46. The lowest BCUT2D eigenvalue weighted by atomic mass is 10.1. The third kappa shape index (κ3) is 5.97. The summed E-state index contributed by atoms with van der Waals surface area (Å²) >= 11 is 5.53. The van der Waals surface area contributed by atoms with E-state index in [1.54, 1.807) is 23.0 Å². The Kier molecular flexibility index (Phi) is 7.86. The third-order valence-electron chi connectivity index (χ3n) is 4.80. The highest BCUT2D eigenvalue weighted by molar-refractivity contribution is 14.1. The minimum absolute atomic E-state index is 0.190. The zero-order chi connectivity index (χ0) is 23.9. The Morgan fingerprint density at radius 2 is 1.71 bits per heavy atom. The largest absolute Gasteiger partial charge is 0.343 e. The Hall–Kier alpha value is -3.31. The molecule has 3 aromatic carbocycles. The van der Waals surface area contributed by atoms with Crippen molar-refractivity contribution < 1.29 is 9.59 Å². The second-order valence-corrected chi connectivity index (χ2v) is 9.25. The van der Waals surface area contributed by atoms with E-state index in [2.05, 4.69) is 54.4 Å². The number of aromatic nitrogens is 2. The minimum Gasteiger partial charge on any atom is -0.343 e. The maximum absolute atomic E-state index is 12.3. The molecule has 2 amide bonds. The zero-order valence-corrected chi connectivity index (χ0v) is 21.5. The van der Waals surface area contributed by atoms with E-state index < -0.39 is 5.91 Å². The number of rotatable bonds is 7. The summed E-state index contributed by atoms with van der Waals surface area (Å²) in [6.45, 7) is -0.190. The Morgan fingerprint density at radius 1 is 1.00 bits per heavy atom. The van der Waals surface area contributed by atoms with Crippen LogP contribution >= 0.6 is 38.5 Å². The van der Waals surface area contributed by atoms with Gasteiger partial charge < -0.3 is 5.32 Å². The van der Waals surface area contributed by atoms with Crippen molar-refractivity contribution in [1.29, 1.82) is 0 Å². The van der Waals surface area contributed by atoms with Crippen LogP contribution in [0.1, 0.15) is 15.9 Å². The summed E-state index contributed by atoms with van der Waals surface area (Å²) < 4.78 is 3.54. The molecule has 0 saturated carbocycles. The van der Waals surface area contributed by atoms with Crippen molar-refractivity contribution in [3.63, 3.8) is 0 Å². The molecule has 9 heteroatoms.